The van der Waals surface area contributed by atoms with Crippen LogP contribution < -0.4 is 5.32 Å². The summed E-state index contributed by atoms with van der Waals surface area (Å²) in [5.74, 6) is 0.524. The number of H-pyrrole nitrogens is 1. The number of nitrogens with zero attached hydrogens (tertiary/aromatic N) is 3. The molecule has 0 spiro atoms. The fourth-order valence-electron chi connectivity index (χ4n) is 2.87. The van der Waals surface area contributed by atoms with Crippen molar-refractivity contribution in [2.75, 3.05) is 19.6 Å². The molecule has 28 heavy (non-hydrogen) atoms. The van der Waals surface area contributed by atoms with E-state index in [-0.39, 0.29) is 24.8 Å². The Morgan fingerprint density at radius 1 is 1.21 bits per heavy atom. The van der Waals surface area contributed by atoms with Gasteiger partial charge >= 0.3 is 0 Å². The molecule has 0 radical (unpaired) electrons. The summed E-state index contributed by atoms with van der Waals surface area (Å²) < 4.78 is 2.31. The number of aromatic amines is 1. The number of amides is 2. The minimum atomic E-state index is -0.121. The molecule has 0 unspecified atom stereocenters. The van der Waals surface area contributed by atoms with Crippen LogP contribution >= 0.6 is 12.2 Å². The Kier molecular flexibility index (Phi) is 8.38. The van der Waals surface area contributed by atoms with Gasteiger partial charge < -0.3 is 10.2 Å². The van der Waals surface area contributed by atoms with Crippen LogP contribution in [0.25, 0.3) is 11.4 Å². The number of rotatable bonds is 10. The molecule has 0 aliphatic carbocycles. The normalized spacial score (nSPS) is 10.7. The fourth-order valence-corrected chi connectivity index (χ4v) is 3.09. The van der Waals surface area contributed by atoms with Gasteiger partial charge in [-0.2, -0.15) is 5.10 Å². The van der Waals surface area contributed by atoms with Crippen molar-refractivity contribution in [2.24, 2.45) is 0 Å². The fraction of sp³-hybridized carbons (Fsp3) is 0.500. The molecule has 0 aliphatic heterocycles. The van der Waals surface area contributed by atoms with Gasteiger partial charge in [-0.05, 0) is 32.0 Å². The number of aromatic nitrogens is 3. The van der Waals surface area contributed by atoms with E-state index in [0.29, 0.717) is 30.2 Å². The van der Waals surface area contributed by atoms with E-state index in [1.54, 1.807) is 4.90 Å². The molecule has 7 nitrogen and oxygen atoms in total. The second kappa shape index (κ2) is 10.8. The summed E-state index contributed by atoms with van der Waals surface area (Å²) in [6.07, 6.45) is 1.92. The van der Waals surface area contributed by atoms with Gasteiger partial charge in [-0.3, -0.25) is 19.3 Å². The van der Waals surface area contributed by atoms with E-state index in [4.69, 9.17) is 12.2 Å². The highest BCUT2D eigenvalue weighted by molar-refractivity contribution is 7.71. The summed E-state index contributed by atoms with van der Waals surface area (Å²) in [6, 6.07) is 8.00. The van der Waals surface area contributed by atoms with Gasteiger partial charge in [0.05, 0.1) is 6.54 Å². The Bertz CT molecular complexity index is 841. The molecule has 2 aromatic rings. The van der Waals surface area contributed by atoms with Gasteiger partial charge in [0.25, 0.3) is 0 Å². The lowest BCUT2D eigenvalue weighted by Gasteiger charge is -2.22. The number of benzene rings is 1. The molecule has 0 saturated heterocycles. The first-order valence-electron chi connectivity index (χ1n) is 9.73. The quantitative estimate of drug-likeness (QED) is 0.597. The van der Waals surface area contributed by atoms with Gasteiger partial charge in [-0.15, -0.1) is 0 Å². The predicted molar refractivity (Wildman–Crippen MR) is 112 cm³/mol. The van der Waals surface area contributed by atoms with Crippen LogP contribution in [-0.4, -0.2) is 51.1 Å². The summed E-state index contributed by atoms with van der Waals surface area (Å²) in [4.78, 5) is 26.3. The molecule has 1 aromatic heterocycles. The van der Waals surface area contributed by atoms with Crippen molar-refractivity contribution in [3.05, 3.63) is 34.6 Å². The van der Waals surface area contributed by atoms with E-state index in [1.807, 2.05) is 49.6 Å². The molecular weight excluding hydrogens is 374 g/mol. The smallest absolute Gasteiger partial charge is 0.239 e. The summed E-state index contributed by atoms with van der Waals surface area (Å²) in [6.45, 7) is 7.69. The van der Waals surface area contributed by atoms with Crippen molar-refractivity contribution in [3.63, 3.8) is 0 Å². The van der Waals surface area contributed by atoms with Crippen molar-refractivity contribution >= 4 is 24.0 Å². The molecular formula is C20H29N5O2S. The van der Waals surface area contributed by atoms with Gasteiger partial charge in [-0.25, -0.2) is 0 Å². The van der Waals surface area contributed by atoms with E-state index < -0.39 is 0 Å². The Morgan fingerprint density at radius 2 is 1.93 bits per heavy atom. The average molecular weight is 404 g/mol. The summed E-state index contributed by atoms with van der Waals surface area (Å²) in [5, 5.41) is 9.94. The van der Waals surface area contributed by atoms with Crippen molar-refractivity contribution in [3.8, 4) is 11.4 Å². The second-order valence-corrected chi connectivity index (χ2v) is 7.17. The number of nitrogens with one attached hydrogen (secondary N) is 2. The van der Waals surface area contributed by atoms with Gasteiger partial charge in [-0.1, -0.05) is 43.7 Å². The van der Waals surface area contributed by atoms with Crippen LogP contribution in [0.4, 0.5) is 0 Å². The third kappa shape index (κ3) is 6.02. The molecule has 2 amide bonds. The van der Waals surface area contributed by atoms with Crippen LogP contribution in [-0.2, 0) is 16.1 Å². The predicted octanol–water partition coefficient (Wildman–Crippen LogP) is 3.07. The summed E-state index contributed by atoms with van der Waals surface area (Å²) in [5.41, 5.74) is 2.10. The van der Waals surface area contributed by atoms with Gasteiger partial charge in [0, 0.05) is 31.6 Å². The SMILES string of the molecule is CCCNC(=O)CN(CCC)C(=O)CCn1c(-c2ccc(C)cc2)n[nH]c1=S. The maximum Gasteiger partial charge on any atom is 0.239 e. The Labute approximate surface area is 171 Å². The maximum atomic E-state index is 12.7. The van der Waals surface area contributed by atoms with Crippen molar-refractivity contribution in [1.82, 2.24) is 25.0 Å². The van der Waals surface area contributed by atoms with E-state index >= 15 is 0 Å². The number of aryl methyl sites for hydroxylation is 1. The van der Waals surface area contributed by atoms with Crippen LogP contribution in [0.3, 0.4) is 0 Å². The van der Waals surface area contributed by atoms with Crippen molar-refractivity contribution in [2.45, 2.75) is 46.6 Å². The van der Waals surface area contributed by atoms with Crippen molar-refractivity contribution < 1.29 is 9.59 Å². The summed E-state index contributed by atoms with van der Waals surface area (Å²) in [7, 11) is 0. The molecule has 0 saturated carbocycles. The van der Waals surface area contributed by atoms with Crippen LogP contribution in [0.5, 0.6) is 0 Å². The first-order valence-corrected chi connectivity index (χ1v) is 10.1. The molecule has 0 fully saturated rings. The zero-order valence-corrected chi connectivity index (χ0v) is 17.6. The molecule has 1 aromatic carbocycles. The Hall–Kier alpha value is -2.48. The Morgan fingerprint density at radius 3 is 2.57 bits per heavy atom. The van der Waals surface area contributed by atoms with Crippen LogP contribution in [0.2, 0.25) is 0 Å². The molecule has 152 valence electrons. The highest BCUT2D eigenvalue weighted by atomic mass is 32.1. The van der Waals surface area contributed by atoms with Gasteiger partial charge in [0.2, 0.25) is 11.8 Å². The molecule has 0 aliphatic rings. The Balaban J connectivity index is 2.06. The van der Waals surface area contributed by atoms with Crippen LogP contribution in [0.1, 0.15) is 38.7 Å². The standard InChI is InChI=1S/C20H29N5O2S/c1-4-11-21-17(26)14-24(12-5-2)18(27)10-13-25-19(22-23-20(25)28)16-8-6-15(3)7-9-16/h6-9H,4-5,10-14H2,1-3H3,(H,21,26)(H,23,28). The zero-order chi connectivity index (χ0) is 20.5. The van der Waals surface area contributed by atoms with Gasteiger partial charge in [0.1, 0.15) is 0 Å². The maximum absolute atomic E-state index is 12.7. The molecule has 8 heteroatoms. The zero-order valence-electron chi connectivity index (χ0n) is 16.8. The highest BCUT2D eigenvalue weighted by Crippen LogP contribution is 2.18. The van der Waals surface area contributed by atoms with Crippen LogP contribution in [0.15, 0.2) is 24.3 Å². The minimum absolute atomic E-state index is 0.0635. The van der Waals surface area contributed by atoms with Crippen LogP contribution in [0, 0.1) is 11.7 Å². The lowest BCUT2D eigenvalue weighted by atomic mass is 10.1. The topological polar surface area (TPSA) is 83.0 Å². The molecule has 2 N–H and O–H groups in total. The van der Waals surface area contributed by atoms with E-state index in [1.165, 1.54) is 0 Å². The molecule has 1 heterocycles. The molecule has 2 rings (SSSR count). The lowest BCUT2D eigenvalue weighted by molar-refractivity contribution is -0.136. The third-order valence-corrected chi connectivity index (χ3v) is 4.68. The van der Waals surface area contributed by atoms with E-state index in [0.717, 1.165) is 24.0 Å². The number of carbonyl (C=O) groups excluding carboxylic acids is 2. The number of carbonyl (C=O) groups is 2. The minimum Gasteiger partial charge on any atom is -0.355 e. The largest absolute Gasteiger partial charge is 0.355 e. The lowest BCUT2D eigenvalue weighted by Crippen LogP contribution is -2.41. The monoisotopic (exact) mass is 403 g/mol. The third-order valence-electron chi connectivity index (χ3n) is 4.37. The second-order valence-electron chi connectivity index (χ2n) is 6.79. The van der Waals surface area contributed by atoms with E-state index in [9.17, 15) is 9.59 Å². The molecule has 0 atom stereocenters. The molecule has 0 bridgehead atoms. The first kappa shape index (κ1) is 21.8. The van der Waals surface area contributed by atoms with Gasteiger partial charge in [0.15, 0.2) is 10.6 Å². The van der Waals surface area contributed by atoms with Crippen molar-refractivity contribution in [1.29, 1.82) is 0 Å². The first-order chi connectivity index (χ1) is 13.5. The average Bonchev–Trinajstić information content (AvgIpc) is 3.05. The number of hydrogen-bond donors (Lipinski definition) is 2. The summed E-state index contributed by atoms with van der Waals surface area (Å²) >= 11 is 5.34. The van der Waals surface area contributed by atoms with E-state index in [2.05, 4.69) is 15.5 Å². The number of hydrogen-bond acceptors (Lipinski definition) is 4. The highest BCUT2D eigenvalue weighted by Gasteiger charge is 2.17.